The number of nitrogens with zero attached hydrogens (tertiary/aromatic N) is 2. The molecule has 8 heteroatoms. The Morgan fingerprint density at radius 1 is 1.26 bits per heavy atom. The number of pyridine rings is 1. The molecule has 136 valence electrons. The van der Waals surface area contributed by atoms with Crippen molar-refractivity contribution >= 4 is 33.6 Å². The van der Waals surface area contributed by atoms with Crippen LogP contribution < -0.4 is 21.1 Å². The number of rotatable bonds is 4. The van der Waals surface area contributed by atoms with Crippen molar-refractivity contribution in [1.29, 1.82) is 0 Å². The SMILES string of the molecule is Cc1c(OCC(=O)[O-])cccc1-n1nc2c(c1N)c(=O)[nH]c1ccccc12. The van der Waals surface area contributed by atoms with Crippen LogP contribution in [-0.4, -0.2) is 27.3 Å². The van der Waals surface area contributed by atoms with Gasteiger partial charge in [0.05, 0.1) is 17.2 Å². The van der Waals surface area contributed by atoms with E-state index in [1.54, 1.807) is 31.2 Å². The zero-order valence-electron chi connectivity index (χ0n) is 14.4. The number of para-hydroxylation sites is 1. The number of anilines is 1. The molecule has 0 saturated heterocycles. The second kappa shape index (κ2) is 6.17. The lowest BCUT2D eigenvalue weighted by atomic mass is 10.1. The van der Waals surface area contributed by atoms with Crippen molar-refractivity contribution in [3.8, 4) is 11.4 Å². The van der Waals surface area contributed by atoms with Gasteiger partial charge in [0.2, 0.25) is 0 Å². The lowest BCUT2D eigenvalue weighted by Gasteiger charge is -2.13. The molecule has 4 aromatic rings. The monoisotopic (exact) mass is 363 g/mol. The van der Waals surface area contributed by atoms with Crippen LogP contribution >= 0.6 is 0 Å². The minimum absolute atomic E-state index is 0.192. The molecule has 3 N–H and O–H groups in total. The van der Waals surface area contributed by atoms with Gasteiger partial charge in [-0.15, -0.1) is 0 Å². The van der Waals surface area contributed by atoms with Crippen LogP contribution in [0.3, 0.4) is 0 Å². The highest BCUT2D eigenvalue weighted by molar-refractivity contribution is 6.06. The van der Waals surface area contributed by atoms with E-state index in [-0.39, 0.29) is 11.4 Å². The molecule has 0 unspecified atom stereocenters. The Bertz CT molecular complexity index is 1260. The first-order valence-electron chi connectivity index (χ1n) is 8.19. The number of H-pyrrole nitrogens is 1. The van der Waals surface area contributed by atoms with Gasteiger partial charge in [-0.2, -0.15) is 5.10 Å². The summed E-state index contributed by atoms with van der Waals surface area (Å²) in [6.07, 6.45) is 0. The van der Waals surface area contributed by atoms with Crippen molar-refractivity contribution in [3.63, 3.8) is 0 Å². The quantitative estimate of drug-likeness (QED) is 0.554. The van der Waals surface area contributed by atoms with E-state index in [2.05, 4.69) is 10.1 Å². The number of carboxylic acids is 1. The summed E-state index contributed by atoms with van der Waals surface area (Å²) in [7, 11) is 0. The highest BCUT2D eigenvalue weighted by Crippen LogP contribution is 2.30. The normalized spacial score (nSPS) is 11.1. The summed E-state index contributed by atoms with van der Waals surface area (Å²) in [5, 5.41) is 16.3. The number of ether oxygens (including phenoxy) is 1. The summed E-state index contributed by atoms with van der Waals surface area (Å²) in [6.45, 7) is 1.19. The smallest absolute Gasteiger partial charge is 0.261 e. The fourth-order valence-electron chi connectivity index (χ4n) is 3.14. The number of aliphatic carboxylic acids is 1. The van der Waals surface area contributed by atoms with E-state index in [9.17, 15) is 14.7 Å². The molecule has 0 spiro atoms. The Kier molecular flexibility index (Phi) is 3.80. The highest BCUT2D eigenvalue weighted by Gasteiger charge is 2.18. The van der Waals surface area contributed by atoms with Crippen molar-refractivity contribution in [2.45, 2.75) is 6.92 Å². The first kappa shape index (κ1) is 16.6. The number of hydrogen-bond acceptors (Lipinski definition) is 6. The number of fused-ring (bicyclic) bond motifs is 3. The van der Waals surface area contributed by atoms with Gasteiger partial charge in [-0.3, -0.25) is 4.79 Å². The summed E-state index contributed by atoms with van der Waals surface area (Å²) in [5.74, 6) is -0.756. The summed E-state index contributed by atoms with van der Waals surface area (Å²) >= 11 is 0. The maximum absolute atomic E-state index is 12.5. The molecule has 0 aliphatic carbocycles. The first-order valence-corrected chi connectivity index (χ1v) is 8.19. The van der Waals surface area contributed by atoms with Crippen LogP contribution in [0.15, 0.2) is 47.3 Å². The van der Waals surface area contributed by atoms with Gasteiger partial charge in [0.15, 0.2) is 0 Å². The number of benzene rings is 2. The van der Waals surface area contributed by atoms with Crippen LogP contribution in [-0.2, 0) is 4.79 Å². The van der Waals surface area contributed by atoms with E-state index < -0.39 is 12.6 Å². The standard InChI is InChI=1S/C19H16N4O4/c1-10-13(7-4-8-14(10)27-9-15(24)25)23-18(20)16-17(22-23)11-5-2-3-6-12(11)21-19(16)26/h2-8H,9,20H2,1H3,(H,21,26)(H,24,25)/p-1. The van der Waals surface area contributed by atoms with Crippen molar-refractivity contribution in [1.82, 2.24) is 14.8 Å². The van der Waals surface area contributed by atoms with E-state index in [0.29, 0.717) is 33.4 Å². The number of nitrogens with two attached hydrogens (primary N) is 1. The molecular weight excluding hydrogens is 348 g/mol. The second-order valence-corrected chi connectivity index (χ2v) is 6.08. The summed E-state index contributed by atoms with van der Waals surface area (Å²) in [5.41, 5.74) is 8.30. The maximum Gasteiger partial charge on any atom is 0.261 e. The Morgan fingerprint density at radius 2 is 2.04 bits per heavy atom. The Morgan fingerprint density at radius 3 is 2.81 bits per heavy atom. The van der Waals surface area contributed by atoms with Crippen molar-refractivity contribution in [2.75, 3.05) is 12.3 Å². The number of carboxylic acid groups (broad SMARTS) is 1. The number of carbonyl (C=O) groups excluding carboxylic acids is 1. The molecule has 4 rings (SSSR count). The average molecular weight is 363 g/mol. The zero-order valence-corrected chi connectivity index (χ0v) is 14.4. The van der Waals surface area contributed by atoms with Crippen LogP contribution in [0.2, 0.25) is 0 Å². The van der Waals surface area contributed by atoms with E-state index in [1.165, 1.54) is 4.68 Å². The van der Waals surface area contributed by atoms with E-state index in [4.69, 9.17) is 10.5 Å². The molecule has 0 atom stereocenters. The van der Waals surface area contributed by atoms with E-state index in [1.807, 2.05) is 18.2 Å². The molecule has 0 amide bonds. The number of carbonyl (C=O) groups is 1. The van der Waals surface area contributed by atoms with Gasteiger partial charge in [0.25, 0.3) is 5.56 Å². The molecule has 27 heavy (non-hydrogen) atoms. The number of nitrogen functional groups attached to an aromatic ring is 1. The molecule has 0 radical (unpaired) electrons. The maximum atomic E-state index is 12.5. The summed E-state index contributed by atoms with van der Waals surface area (Å²) in [4.78, 5) is 26.0. The molecule has 2 aromatic heterocycles. The third-order valence-electron chi connectivity index (χ3n) is 4.41. The number of aromatic nitrogens is 3. The van der Waals surface area contributed by atoms with Crippen molar-refractivity contribution < 1.29 is 14.6 Å². The second-order valence-electron chi connectivity index (χ2n) is 6.08. The molecule has 2 heterocycles. The van der Waals surface area contributed by atoms with Crippen LogP contribution in [0.4, 0.5) is 5.82 Å². The first-order chi connectivity index (χ1) is 13.0. The van der Waals surface area contributed by atoms with Crippen LogP contribution in [0.1, 0.15) is 5.56 Å². The van der Waals surface area contributed by atoms with Crippen LogP contribution in [0, 0.1) is 6.92 Å². The molecule has 0 aliphatic rings. The Balaban J connectivity index is 1.95. The number of aromatic amines is 1. The van der Waals surface area contributed by atoms with Gasteiger partial charge in [-0.1, -0.05) is 24.3 Å². The lowest BCUT2D eigenvalue weighted by molar-refractivity contribution is -0.307. The molecule has 0 bridgehead atoms. The molecule has 8 nitrogen and oxygen atoms in total. The van der Waals surface area contributed by atoms with Gasteiger partial charge < -0.3 is 25.4 Å². The van der Waals surface area contributed by atoms with Gasteiger partial charge in [-0.25, -0.2) is 4.68 Å². The predicted molar refractivity (Wildman–Crippen MR) is 98.8 cm³/mol. The largest absolute Gasteiger partial charge is 0.546 e. The lowest BCUT2D eigenvalue weighted by Crippen LogP contribution is -2.29. The Labute approximate surface area is 152 Å². The fourth-order valence-corrected chi connectivity index (χ4v) is 3.14. The zero-order chi connectivity index (χ0) is 19.1. The van der Waals surface area contributed by atoms with E-state index in [0.717, 1.165) is 5.39 Å². The molecular formula is C19H15N4O4-. The summed E-state index contributed by atoms with van der Waals surface area (Å²) < 4.78 is 6.72. The molecule has 0 saturated carbocycles. The van der Waals surface area contributed by atoms with E-state index >= 15 is 0 Å². The van der Waals surface area contributed by atoms with Crippen LogP contribution in [0.5, 0.6) is 5.75 Å². The third kappa shape index (κ3) is 2.67. The van der Waals surface area contributed by atoms with Gasteiger partial charge in [0, 0.05) is 10.9 Å². The molecule has 0 fully saturated rings. The average Bonchev–Trinajstić information content (AvgIpc) is 2.99. The third-order valence-corrected chi connectivity index (χ3v) is 4.41. The Hall–Kier alpha value is -3.81. The fraction of sp³-hybridized carbons (Fsp3) is 0.105. The van der Waals surface area contributed by atoms with Gasteiger partial charge in [0.1, 0.15) is 29.1 Å². The molecule has 0 aliphatic heterocycles. The van der Waals surface area contributed by atoms with Gasteiger partial charge >= 0.3 is 0 Å². The minimum Gasteiger partial charge on any atom is -0.546 e. The van der Waals surface area contributed by atoms with Crippen LogP contribution in [0.25, 0.3) is 27.5 Å². The topological polar surface area (TPSA) is 126 Å². The predicted octanol–water partition coefficient (Wildman–Crippen LogP) is 0.886. The van der Waals surface area contributed by atoms with Crippen molar-refractivity contribution in [3.05, 3.63) is 58.4 Å². The number of hydrogen-bond donors (Lipinski definition) is 2. The minimum atomic E-state index is -1.32. The van der Waals surface area contributed by atoms with Crippen molar-refractivity contribution in [2.24, 2.45) is 0 Å². The highest BCUT2D eigenvalue weighted by atomic mass is 16.5. The molecule has 2 aromatic carbocycles. The van der Waals surface area contributed by atoms with Gasteiger partial charge in [-0.05, 0) is 25.1 Å². The number of nitrogens with one attached hydrogen (secondary N) is 1. The summed E-state index contributed by atoms with van der Waals surface area (Å²) in [6, 6.07) is 12.4.